The fourth-order valence-electron chi connectivity index (χ4n) is 6.32. The SMILES string of the molecule is COc1cc(C)[nH]c(=O)c1CNC(=O)c1cc2c(-c3ccc(C)nc3C)ccn2c(C(C)N2CCN(C(F)C(F)F)CC2)c1C. The third kappa shape index (κ3) is 6.34. The summed E-state index contributed by atoms with van der Waals surface area (Å²) in [6.45, 7) is 10.6. The fraction of sp³-hybridized carbons (Fsp3) is 0.424. The second kappa shape index (κ2) is 13.1. The van der Waals surface area contributed by atoms with Crippen molar-refractivity contribution < 1.29 is 22.7 Å². The predicted molar refractivity (Wildman–Crippen MR) is 167 cm³/mol. The van der Waals surface area contributed by atoms with Crippen molar-refractivity contribution in [1.29, 1.82) is 0 Å². The first kappa shape index (κ1) is 32.2. The Morgan fingerprint density at radius 2 is 1.71 bits per heavy atom. The Morgan fingerprint density at radius 3 is 2.36 bits per heavy atom. The number of hydrogen-bond donors (Lipinski definition) is 2. The van der Waals surface area contributed by atoms with Crippen LogP contribution in [0.15, 0.2) is 41.3 Å². The van der Waals surface area contributed by atoms with Crippen LogP contribution in [-0.4, -0.2) is 76.1 Å². The van der Waals surface area contributed by atoms with E-state index in [2.05, 4.69) is 24.6 Å². The van der Waals surface area contributed by atoms with Crippen LogP contribution in [-0.2, 0) is 6.54 Å². The van der Waals surface area contributed by atoms with Crippen LogP contribution < -0.4 is 15.6 Å². The smallest absolute Gasteiger partial charge is 0.282 e. The van der Waals surface area contributed by atoms with Gasteiger partial charge >= 0.3 is 0 Å². The van der Waals surface area contributed by atoms with Crippen LogP contribution >= 0.6 is 0 Å². The molecule has 0 spiro atoms. The summed E-state index contributed by atoms with van der Waals surface area (Å²) >= 11 is 0. The van der Waals surface area contributed by atoms with Gasteiger partial charge in [0.15, 0.2) is 0 Å². The van der Waals surface area contributed by atoms with E-state index in [1.54, 1.807) is 13.0 Å². The van der Waals surface area contributed by atoms with Crippen molar-refractivity contribution in [3.8, 4) is 16.9 Å². The number of amides is 1. The first-order valence-corrected chi connectivity index (χ1v) is 15.0. The maximum absolute atomic E-state index is 14.1. The molecular formula is C33H39F3N6O3. The molecule has 12 heteroatoms. The topological polar surface area (TPSA) is 95.0 Å². The molecule has 1 fully saturated rings. The lowest BCUT2D eigenvalue weighted by atomic mass is 9.98. The number of rotatable bonds is 9. The number of hydrogen-bond acceptors (Lipinski definition) is 6. The Kier molecular flexibility index (Phi) is 9.36. The highest BCUT2D eigenvalue weighted by atomic mass is 19.3. The Labute approximate surface area is 260 Å². The molecule has 0 radical (unpaired) electrons. The number of aryl methyl sites for hydroxylation is 3. The third-order valence-corrected chi connectivity index (χ3v) is 8.74. The zero-order valence-corrected chi connectivity index (χ0v) is 26.4. The van der Waals surface area contributed by atoms with E-state index in [0.717, 1.165) is 39.3 Å². The van der Waals surface area contributed by atoms with Crippen LogP contribution in [0.4, 0.5) is 13.2 Å². The van der Waals surface area contributed by atoms with Gasteiger partial charge in [0.2, 0.25) is 6.30 Å². The van der Waals surface area contributed by atoms with Gasteiger partial charge in [-0.05, 0) is 64.4 Å². The molecule has 0 bridgehead atoms. The Balaban J connectivity index is 1.55. The molecule has 0 aromatic carbocycles. The van der Waals surface area contributed by atoms with Gasteiger partial charge in [-0.2, -0.15) is 0 Å². The van der Waals surface area contributed by atoms with E-state index in [9.17, 15) is 22.8 Å². The quantitative estimate of drug-likeness (QED) is 0.252. The molecule has 2 atom stereocenters. The van der Waals surface area contributed by atoms with Crippen LogP contribution in [0.25, 0.3) is 16.6 Å². The van der Waals surface area contributed by atoms with Crippen molar-refractivity contribution in [3.63, 3.8) is 0 Å². The standard InChI is InChI=1S/C33H39F3N6O3/c1-18-7-8-23(21(4)38-18)24-9-10-42-27(24)16-25(32(43)37-17-26-28(45-6)15-19(2)39-33(26)44)20(3)29(42)22(5)40-11-13-41(14-12-40)31(36)30(34)35/h7-10,15-16,22,30-31H,11-14,17H2,1-6H3,(H,37,43)(H,39,44). The number of alkyl halides is 3. The summed E-state index contributed by atoms with van der Waals surface area (Å²) < 4.78 is 47.6. The zero-order valence-electron chi connectivity index (χ0n) is 26.4. The summed E-state index contributed by atoms with van der Waals surface area (Å²) in [5, 5.41) is 2.91. The van der Waals surface area contributed by atoms with Gasteiger partial charge in [-0.1, -0.05) is 6.07 Å². The summed E-state index contributed by atoms with van der Waals surface area (Å²) in [4.78, 5) is 37.2. The number of H-pyrrole nitrogens is 1. The highest BCUT2D eigenvalue weighted by molar-refractivity contribution is 5.98. The summed E-state index contributed by atoms with van der Waals surface area (Å²) in [5.74, 6) is 0.0224. The molecular weight excluding hydrogens is 585 g/mol. The first-order valence-electron chi connectivity index (χ1n) is 15.0. The van der Waals surface area contributed by atoms with Crippen molar-refractivity contribution in [2.75, 3.05) is 33.3 Å². The van der Waals surface area contributed by atoms with Gasteiger partial charge in [-0.3, -0.25) is 24.4 Å². The predicted octanol–water partition coefficient (Wildman–Crippen LogP) is 5.10. The molecule has 240 valence electrons. The van der Waals surface area contributed by atoms with E-state index in [1.807, 2.05) is 58.2 Å². The molecule has 1 amide bonds. The molecule has 1 aliphatic heterocycles. The molecule has 45 heavy (non-hydrogen) atoms. The van der Waals surface area contributed by atoms with Crippen LogP contribution in [0, 0.1) is 27.7 Å². The minimum Gasteiger partial charge on any atom is -0.496 e. The Morgan fingerprint density at radius 1 is 1.02 bits per heavy atom. The molecule has 0 saturated carbocycles. The lowest BCUT2D eigenvalue weighted by Gasteiger charge is -2.39. The van der Waals surface area contributed by atoms with Gasteiger partial charge in [0, 0.05) is 77.9 Å². The molecule has 4 aromatic heterocycles. The largest absolute Gasteiger partial charge is 0.496 e. The van der Waals surface area contributed by atoms with E-state index in [0.29, 0.717) is 35.7 Å². The maximum Gasteiger partial charge on any atom is 0.282 e. The molecule has 0 aliphatic carbocycles. The highest BCUT2D eigenvalue weighted by Crippen LogP contribution is 2.35. The van der Waals surface area contributed by atoms with Gasteiger partial charge in [0.25, 0.3) is 17.9 Å². The molecule has 5 heterocycles. The maximum atomic E-state index is 14.1. The number of aromatic amines is 1. The lowest BCUT2D eigenvalue weighted by Crippen LogP contribution is -2.51. The van der Waals surface area contributed by atoms with Crippen molar-refractivity contribution in [1.82, 2.24) is 29.5 Å². The van der Waals surface area contributed by atoms with E-state index < -0.39 is 12.7 Å². The van der Waals surface area contributed by atoms with Crippen LogP contribution in [0.1, 0.15) is 57.2 Å². The number of methoxy groups -OCH3 is 1. The summed E-state index contributed by atoms with van der Waals surface area (Å²) in [7, 11) is 1.47. The minimum absolute atomic E-state index is 0.0432. The minimum atomic E-state index is -3.06. The number of pyridine rings is 3. The zero-order chi connectivity index (χ0) is 32.6. The lowest BCUT2D eigenvalue weighted by molar-refractivity contribution is -0.0688. The van der Waals surface area contributed by atoms with Gasteiger partial charge in [0.05, 0.1) is 24.7 Å². The number of fused-ring (bicyclic) bond motifs is 1. The second-order valence-corrected chi connectivity index (χ2v) is 11.6. The molecule has 5 rings (SSSR count). The van der Waals surface area contributed by atoms with Crippen LogP contribution in [0.5, 0.6) is 5.75 Å². The third-order valence-electron chi connectivity index (χ3n) is 8.74. The van der Waals surface area contributed by atoms with Gasteiger partial charge < -0.3 is 19.4 Å². The van der Waals surface area contributed by atoms with Crippen molar-refractivity contribution >= 4 is 11.4 Å². The van der Waals surface area contributed by atoms with E-state index in [1.165, 1.54) is 12.0 Å². The van der Waals surface area contributed by atoms with Crippen LogP contribution in [0.3, 0.4) is 0 Å². The van der Waals surface area contributed by atoms with E-state index in [4.69, 9.17) is 4.74 Å². The number of carbonyl (C=O) groups excluding carboxylic acids is 1. The molecule has 9 nitrogen and oxygen atoms in total. The second-order valence-electron chi connectivity index (χ2n) is 11.6. The molecule has 2 unspecified atom stereocenters. The normalized spacial score (nSPS) is 15.9. The van der Waals surface area contributed by atoms with Crippen molar-refractivity contribution in [2.24, 2.45) is 0 Å². The molecule has 1 aliphatic rings. The Bertz CT molecular complexity index is 1780. The van der Waals surface area contributed by atoms with Crippen molar-refractivity contribution in [2.45, 2.75) is 59.9 Å². The van der Waals surface area contributed by atoms with Gasteiger partial charge in [0.1, 0.15) is 5.75 Å². The van der Waals surface area contributed by atoms with Crippen molar-refractivity contribution in [3.05, 3.63) is 86.3 Å². The average molecular weight is 625 g/mol. The Hall–Kier alpha value is -4.16. The molecule has 4 aromatic rings. The number of halogens is 3. The summed E-state index contributed by atoms with van der Waals surface area (Å²) in [6, 6.07) is 9.28. The molecule has 2 N–H and O–H groups in total. The fourth-order valence-corrected chi connectivity index (χ4v) is 6.32. The first-order chi connectivity index (χ1) is 21.4. The van der Waals surface area contributed by atoms with E-state index in [-0.39, 0.29) is 37.1 Å². The van der Waals surface area contributed by atoms with Crippen LogP contribution in [0.2, 0.25) is 0 Å². The number of nitrogens with one attached hydrogen (secondary N) is 2. The number of piperazine rings is 1. The number of nitrogens with zero attached hydrogens (tertiary/aromatic N) is 4. The monoisotopic (exact) mass is 624 g/mol. The summed E-state index contributed by atoms with van der Waals surface area (Å²) in [6.07, 6.45) is -3.38. The van der Waals surface area contributed by atoms with Gasteiger partial charge in [-0.15, -0.1) is 0 Å². The number of ether oxygens (including phenoxy) is 1. The molecule has 1 saturated heterocycles. The van der Waals surface area contributed by atoms with Gasteiger partial charge in [-0.25, -0.2) is 13.2 Å². The average Bonchev–Trinajstić information content (AvgIpc) is 3.42. The summed E-state index contributed by atoms with van der Waals surface area (Å²) in [5.41, 5.74) is 7.01. The number of carbonyl (C=O) groups is 1. The van der Waals surface area contributed by atoms with E-state index >= 15 is 0 Å². The highest BCUT2D eigenvalue weighted by Gasteiger charge is 2.33. The number of aromatic nitrogens is 3.